The van der Waals surface area contributed by atoms with E-state index in [1.807, 2.05) is 30.3 Å². The van der Waals surface area contributed by atoms with Crippen molar-refractivity contribution in [1.82, 2.24) is 9.97 Å². The van der Waals surface area contributed by atoms with Gasteiger partial charge in [0.15, 0.2) is 5.60 Å². The zero-order chi connectivity index (χ0) is 22.0. The Kier molecular flexibility index (Phi) is 5.28. The molecule has 1 aliphatic heterocycles. The number of fused-ring (bicyclic) bond motifs is 1. The topological polar surface area (TPSA) is 120 Å². The van der Waals surface area contributed by atoms with Crippen molar-refractivity contribution in [3.05, 3.63) is 71.4 Å². The first-order valence-electron chi connectivity index (χ1n) is 9.75. The SMILES string of the molecule is CC1(C)Oc2cc(Nc3ncc(C#N)c(N[C@H](CO)c4ccccc4)n3)ccc2C1=O. The summed E-state index contributed by atoms with van der Waals surface area (Å²) < 4.78 is 5.75. The number of ketones is 1. The third-order valence-corrected chi connectivity index (χ3v) is 5.00. The maximum atomic E-state index is 12.3. The molecule has 3 aromatic rings. The van der Waals surface area contributed by atoms with Gasteiger partial charge in [-0.25, -0.2) is 4.98 Å². The largest absolute Gasteiger partial charge is 0.479 e. The quantitative estimate of drug-likeness (QED) is 0.559. The molecule has 3 N–H and O–H groups in total. The van der Waals surface area contributed by atoms with Crippen LogP contribution < -0.4 is 15.4 Å². The maximum Gasteiger partial charge on any atom is 0.229 e. The Morgan fingerprint density at radius 2 is 2.00 bits per heavy atom. The fourth-order valence-corrected chi connectivity index (χ4v) is 3.37. The molecule has 0 aliphatic carbocycles. The van der Waals surface area contributed by atoms with E-state index in [1.165, 1.54) is 6.20 Å². The molecule has 2 aromatic carbocycles. The number of anilines is 3. The number of aliphatic hydroxyl groups excluding tert-OH is 1. The summed E-state index contributed by atoms with van der Waals surface area (Å²) in [6.45, 7) is 3.29. The molecule has 8 heteroatoms. The summed E-state index contributed by atoms with van der Waals surface area (Å²) in [6.07, 6.45) is 1.41. The van der Waals surface area contributed by atoms with E-state index in [9.17, 15) is 15.2 Å². The van der Waals surface area contributed by atoms with E-state index >= 15 is 0 Å². The van der Waals surface area contributed by atoms with Crippen molar-refractivity contribution in [2.24, 2.45) is 0 Å². The molecule has 1 aromatic heterocycles. The van der Waals surface area contributed by atoms with Crippen LogP contribution in [-0.4, -0.2) is 33.1 Å². The Hall–Kier alpha value is -3.96. The molecule has 4 rings (SSSR count). The molecule has 0 bridgehead atoms. The van der Waals surface area contributed by atoms with Crippen LogP contribution in [0.25, 0.3) is 0 Å². The van der Waals surface area contributed by atoms with Gasteiger partial charge in [-0.2, -0.15) is 10.2 Å². The van der Waals surface area contributed by atoms with Crippen LogP contribution in [0.2, 0.25) is 0 Å². The number of nitrogens with one attached hydrogen (secondary N) is 2. The van der Waals surface area contributed by atoms with Gasteiger partial charge in [0.1, 0.15) is 23.2 Å². The fourth-order valence-electron chi connectivity index (χ4n) is 3.37. The van der Waals surface area contributed by atoms with Crippen molar-refractivity contribution in [2.75, 3.05) is 17.2 Å². The third kappa shape index (κ3) is 4.04. The van der Waals surface area contributed by atoms with Gasteiger partial charge in [-0.15, -0.1) is 0 Å². The zero-order valence-electron chi connectivity index (χ0n) is 17.1. The first-order chi connectivity index (χ1) is 14.9. The van der Waals surface area contributed by atoms with Gasteiger partial charge in [0, 0.05) is 11.8 Å². The Morgan fingerprint density at radius 3 is 2.71 bits per heavy atom. The summed E-state index contributed by atoms with van der Waals surface area (Å²) in [5.74, 6) is 0.994. The highest BCUT2D eigenvalue weighted by Crippen LogP contribution is 2.37. The molecule has 0 fully saturated rings. The van der Waals surface area contributed by atoms with Crippen LogP contribution in [0.3, 0.4) is 0 Å². The van der Waals surface area contributed by atoms with Crippen molar-refractivity contribution >= 4 is 23.2 Å². The van der Waals surface area contributed by atoms with Gasteiger partial charge < -0.3 is 20.5 Å². The molecule has 0 unspecified atom stereocenters. The molecule has 2 heterocycles. The van der Waals surface area contributed by atoms with Gasteiger partial charge in [-0.3, -0.25) is 4.79 Å². The van der Waals surface area contributed by atoms with E-state index in [4.69, 9.17) is 4.74 Å². The summed E-state index contributed by atoms with van der Waals surface area (Å²) in [4.78, 5) is 20.9. The van der Waals surface area contributed by atoms with Gasteiger partial charge in [-0.1, -0.05) is 30.3 Å². The minimum absolute atomic E-state index is 0.0638. The lowest BCUT2D eigenvalue weighted by Crippen LogP contribution is -2.31. The average Bonchev–Trinajstić information content (AvgIpc) is 3.00. The monoisotopic (exact) mass is 415 g/mol. The van der Waals surface area contributed by atoms with Crippen LogP contribution in [-0.2, 0) is 0 Å². The number of carbonyl (C=O) groups is 1. The Labute approximate surface area is 179 Å². The van der Waals surface area contributed by atoms with Crippen LogP contribution in [0.15, 0.2) is 54.7 Å². The van der Waals surface area contributed by atoms with Gasteiger partial charge in [0.2, 0.25) is 11.7 Å². The van der Waals surface area contributed by atoms with E-state index < -0.39 is 11.6 Å². The average molecular weight is 415 g/mol. The number of rotatable bonds is 6. The number of hydrogen-bond acceptors (Lipinski definition) is 8. The predicted molar refractivity (Wildman–Crippen MR) is 115 cm³/mol. The smallest absolute Gasteiger partial charge is 0.229 e. The number of carbonyl (C=O) groups excluding carboxylic acids is 1. The van der Waals surface area contributed by atoms with Crippen LogP contribution in [0.4, 0.5) is 17.5 Å². The van der Waals surface area contributed by atoms with E-state index in [-0.39, 0.29) is 23.9 Å². The summed E-state index contributed by atoms with van der Waals surface area (Å²) in [6, 6.07) is 16.2. The number of hydrogen-bond donors (Lipinski definition) is 3. The number of benzene rings is 2. The van der Waals surface area contributed by atoms with E-state index in [2.05, 4.69) is 26.7 Å². The molecule has 1 atom stereocenters. The summed E-state index contributed by atoms with van der Waals surface area (Å²) in [5, 5.41) is 25.4. The Bertz CT molecular complexity index is 1170. The van der Waals surface area contributed by atoms with Crippen LogP contribution in [0.1, 0.15) is 41.4 Å². The fraction of sp³-hybridized carbons (Fsp3) is 0.217. The van der Waals surface area contributed by atoms with E-state index in [0.717, 1.165) is 5.56 Å². The van der Waals surface area contributed by atoms with Crippen molar-refractivity contribution in [3.8, 4) is 11.8 Å². The van der Waals surface area contributed by atoms with E-state index in [0.29, 0.717) is 22.8 Å². The lowest BCUT2D eigenvalue weighted by atomic mass is 10.00. The molecule has 1 aliphatic rings. The number of nitriles is 1. The third-order valence-electron chi connectivity index (χ3n) is 5.00. The first-order valence-corrected chi connectivity index (χ1v) is 9.75. The summed E-state index contributed by atoms with van der Waals surface area (Å²) in [5.41, 5.74) is 1.41. The molecule has 0 saturated heterocycles. The molecular weight excluding hydrogens is 394 g/mol. The van der Waals surface area contributed by atoms with Crippen molar-refractivity contribution in [2.45, 2.75) is 25.5 Å². The molecule has 31 heavy (non-hydrogen) atoms. The summed E-state index contributed by atoms with van der Waals surface area (Å²) >= 11 is 0. The maximum absolute atomic E-state index is 12.3. The van der Waals surface area contributed by atoms with Gasteiger partial charge >= 0.3 is 0 Å². The lowest BCUT2D eigenvalue weighted by molar-refractivity contribution is 0.0684. The Morgan fingerprint density at radius 1 is 1.23 bits per heavy atom. The standard InChI is InChI=1S/C23H21N5O3/c1-23(2)20(30)17-9-8-16(10-19(17)31-23)26-22-25-12-15(11-24)21(28-22)27-18(13-29)14-6-4-3-5-7-14/h3-10,12,18,29H,13H2,1-2H3,(H2,25,26,27,28)/t18-/m1/s1. The Balaban J connectivity index is 1.59. The lowest BCUT2D eigenvalue weighted by Gasteiger charge is -2.18. The highest BCUT2D eigenvalue weighted by molar-refractivity contribution is 6.07. The predicted octanol–water partition coefficient (Wildman–Crippen LogP) is 3.59. The second kappa shape index (κ2) is 8.05. The minimum atomic E-state index is -0.889. The molecule has 0 spiro atoms. The second-order valence-electron chi connectivity index (χ2n) is 7.64. The molecule has 0 radical (unpaired) electrons. The highest BCUT2D eigenvalue weighted by atomic mass is 16.5. The number of Topliss-reactive ketones (excluding diaryl/α,β-unsaturated/α-hetero) is 1. The molecule has 8 nitrogen and oxygen atoms in total. The first kappa shape index (κ1) is 20.3. The number of aromatic nitrogens is 2. The zero-order valence-corrected chi connectivity index (χ0v) is 17.1. The van der Waals surface area contributed by atoms with Crippen LogP contribution in [0.5, 0.6) is 5.75 Å². The number of ether oxygens (including phenoxy) is 1. The van der Waals surface area contributed by atoms with Crippen molar-refractivity contribution in [3.63, 3.8) is 0 Å². The molecule has 0 saturated carbocycles. The van der Waals surface area contributed by atoms with Gasteiger partial charge in [-0.05, 0) is 31.5 Å². The normalized spacial score (nSPS) is 14.8. The van der Waals surface area contributed by atoms with E-state index in [1.54, 1.807) is 32.0 Å². The molecule has 0 amide bonds. The van der Waals surface area contributed by atoms with Gasteiger partial charge in [0.05, 0.1) is 24.4 Å². The van der Waals surface area contributed by atoms with Crippen LogP contribution in [0, 0.1) is 11.3 Å². The highest BCUT2D eigenvalue weighted by Gasteiger charge is 2.39. The molecular formula is C23H21N5O3. The van der Waals surface area contributed by atoms with Crippen molar-refractivity contribution < 1.29 is 14.6 Å². The number of nitrogens with zero attached hydrogens (tertiary/aromatic N) is 3. The molecule has 156 valence electrons. The summed E-state index contributed by atoms with van der Waals surface area (Å²) in [7, 11) is 0. The minimum Gasteiger partial charge on any atom is -0.479 e. The second-order valence-corrected chi connectivity index (χ2v) is 7.64. The van der Waals surface area contributed by atoms with Crippen LogP contribution >= 0.6 is 0 Å². The number of aliphatic hydroxyl groups is 1. The van der Waals surface area contributed by atoms with Gasteiger partial charge in [0.25, 0.3) is 0 Å². The van der Waals surface area contributed by atoms with Crippen molar-refractivity contribution in [1.29, 1.82) is 5.26 Å².